The Morgan fingerprint density at radius 3 is 2.14 bits per heavy atom. The van der Waals surface area contributed by atoms with E-state index in [1.807, 2.05) is 53.8 Å². The highest BCUT2D eigenvalue weighted by Crippen LogP contribution is 2.44. The van der Waals surface area contributed by atoms with Crippen LogP contribution in [0.15, 0.2) is 48.5 Å². The molecule has 2 aromatic carbocycles. The summed E-state index contributed by atoms with van der Waals surface area (Å²) in [5.74, 6) is -2.92. The molecule has 35 heavy (non-hydrogen) atoms. The zero-order chi connectivity index (χ0) is 25.6. The van der Waals surface area contributed by atoms with Crippen molar-refractivity contribution < 1.29 is 37.4 Å². The number of amides is 2. The lowest BCUT2D eigenvalue weighted by atomic mass is 9.98. The predicted octanol–water partition coefficient (Wildman–Crippen LogP) is 4.46. The molecule has 0 bridgehead atoms. The van der Waals surface area contributed by atoms with Gasteiger partial charge in [0.15, 0.2) is 0 Å². The molecule has 0 aliphatic heterocycles. The summed E-state index contributed by atoms with van der Waals surface area (Å²) in [5.41, 5.74) is 4.41. The minimum Gasteiger partial charge on any atom is -0.480 e. The van der Waals surface area contributed by atoms with Crippen LogP contribution < -0.4 is 10.6 Å². The first-order valence-corrected chi connectivity index (χ1v) is 11.2. The highest BCUT2D eigenvalue weighted by atomic mass is 19.4. The third-order valence-electron chi connectivity index (χ3n) is 5.85. The van der Waals surface area contributed by atoms with Crippen molar-refractivity contribution in [3.05, 3.63) is 59.7 Å². The molecule has 0 radical (unpaired) electrons. The van der Waals surface area contributed by atoms with Gasteiger partial charge in [0.2, 0.25) is 5.91 Å². The molecule has 0 aromatic heterocycles. The molecule has 3 rings (SSSR count). The lowest BCUT2D eigenvalue weighted by Crippen LogP contribution is -2.44. The highest BCUT2D eigenvalue weighted by Gasteiger charge is 2.36. The maximum atomic E-state index is 12.5. The second-order valence-corrected chi connectivity index (χ2v) is 8.63. The van der Waals surface area contributed by atoms with Gasteiger partial charge in [-0.3, -0.25) is 4.79 Å². The predicted molar refractivity (Wildman–Crippen MR) is 122 cm³/mol. The minimum absolute atomic E-state index is 0.0744. The SMILES string of the molecule is CC(CCNC(=O)OCC1c2ccccc2-c2ccccc21)CC(=O)NC(CC(F)(F)F)C(=O)O. The van der Waals surface area contributed by atoms with E-state index in [4.69, 9.17) is 9.84 Å². The molecule has 10 heteroatoms. The first-order valence-electron chi connectivity index (χ1n) is 11.2. The molecule has 1 aliphatic carbocycles. The molecule has 0 saturated carbocycles. The maximum Gasteiger partial charge on any atom is 0.407 e. The van der Waals surface area contributed by atoms with Crippen LogP contribution in [0.5, 0.6) is 0 Å². The van der Waals surface area contributed by atoms with Crippen molar-refractivity contribution in [2.45, 2.75) is 44.3 Å². The number of carboxylic acids is 1. The summed E-state index contributed by atoms with van der Waals surface area (Å²) < 4.78 is 42.8. The van der Waals surface area contributed by atoms with Gasteiger partial charge in [0.05, 0.1) is 6.42 Å². The van der Waals surface area contributed by atoms with Crippen LogP contribution in [-0.4, -0.2) is 48.4 Å². The molecule has 3 N–H and O–H groups in total. The molecule has 1 aliphatic rings. The number of alkyl carbamates (subject to hydrolysis) is 1. The number of ether oxygens (including phenoxy) is 1. The van der Waals surface area contributed by atoms with Gasteiger partial charge in [-0.15, -0.1) is 0 Å². The quantitative estimate of drug-likeness (QED) is 0.454. The number of aliphatic carboxylic acids is 1. The van der Waals surface area contributed by atoms with E-state index in [-0.39, 0.29) is 31.4 Å². The number of benzene rings is 2. The number of halogens is 3. The van der Waals surface area contributed by atoms with Crippen molar-refractivity contribution in [2.75, 3.05) is 13.2 Å². The van der Waals surface area contributed by atoms with E-state index in [0.29, 0.717) is 6.42 Å². The van der Waals surface area contributed by atoms with Crippen molar-refractivity contribution in [1.29, 1.82) is 0 Å². The van der Waals surface area contributed by atoms with Gasteiger partial charge in [0, 0.05) is 18.9 Å². The van der Waals surface area contributed by atoms with Crippen LogP contribution in [0.25, 0.3) is 11.1 Å². The van der Waals surface area contributed by atoms with E-state index >= 15 is 0 Å². The Kier molecular flexibility index (Phi) is 8.37. The zero-order valence-corrected chi connectivity index (χ0v) is 19.1. The Labute approximate surface area is 200 Å². The van der Waals surface area contributed by atoms with E-state index in [9.17, 15) is 27.6 Å². The number of hydrogen-bond donors (Lipinski definition) is 3. The molecule has 2 aromatic rings. The number of hydrogen-bond acceptors (Lipinski definition) is 4. The van der Waals surface area contributed by atoms with Gasteiger partial charge in [-0.2, -0.15) is 13.2 Å². The topological polar surface area (TPSA) is 105 Å². The molecule has 2 amide bonds. The molecule has 2 unspecified atom stereocenters. The second-order valence-electron chi connectivity index (χ2n) is 8.63. The Morgan fingerprint density at radius 2 is 1.60 bits per heavy atom. The molecular weight excluding hydrogens is 465 g/mol. The Bertz CT molecular complexity index is 1030. The summed E-state index contributed by atoms with van der Waals surface area (Å²) in [6.07, 6.45) is -6.79. The molecule has 0 saturated heterocycles. The zero-order valence-electron chi connectivity index (χ0n) is 19.1. The molecule has 2 atom stereocenters. The second kappa shape index (κ2) is 11.2. The van der Waals surface area contributed by atoms with Crippen molar-refractivity contribution in [3.8, 4) is 11.1 Å². The van der Waals surface area contributed by atoms with Crippen LogP contribution >= 0.6 is 0 Å². The Hall–Kier alpha value is -3.56. The van der Waals surface area contributed by atoms with Crippen molar-refractivity contribution in [3.63, 3.8) is 0 Å². The van der Waals surface area contributed by atoms with E-state index in [2.05, 4.69) is 5.32 Å². The third-order valence-corrected chi connectivity index (χ3v) is 5.85. The average Bonchev–Trinajstić information content (AvgIpc) is 3.10. The number of nitrogens with one attached hydrogen (secondary N) is 2. The fourth-order valence-electron chi connectivity index (χ4n) is 4.17. The standard InChI is InChI=1S/C25H27F3N2O5/c1-15(12-22(31)30-21(23(32)33)13-25(26,27)28)10-11-29-24(34)35-14-20-18-8-4-2-6-16(18)17-7-3-5-9-19(17)20/h2-9,15,20-21H,10-14H2,1H3,(H,29,34)(H,30,31)(H,32,33). The van der Waals surface area contributed by atoms with Gasteiger partial charge >= 0.3 is 18.2 Å². The highest BCUT2D eigenvalue weighted by molar-refractivity contribution is 5.83. The normalized spacial score (nSPS) is 14.4. The fourth-order valence-corrected chi connectivity index (χ4v) is 4.17. The van der Waals surface area contributed by atoms with E-state index in [1.165, 1.54) is 0 Å². The Morgan fingerprint density at radius 1 is 1.03 bits per heavy atom. The van der Waals surface area contributed by atoms with E-state index < -0.39 is 36.6 Å². The van der Waals surface area contributed by atoms with Crippen molar-refractivity contribution in [1.82, 2.24) is 10.6 Å². The number of carboxylic acid groups (broad SMARTS) is 1. The molecular formula is C25H27F3N2O5. The summed E-state index contributed by atoms with van der Waals surface area (Å²) in [5, 5.41) is 13.4. The summed E-state index contributed by atoms with van der Waals surface area (Å²) in [6, 6.07) is 13.9. The first-order chi connectivity index (χ1) is 16.5. The minimum atomic E-state index is -4.71. The number of fused-ring (bicyclic) bond motifs is 3. The van der Waals surface area contributed by atoms with E-state index in [1.54, 1.807) is 6.92 Å². The van der Waals surface area contributed by atoms with Crippen LogP contribution in [0.1, 0.15) is 43.2 Å². The first kappa shape index (κ1) is 26.1. The lowest BCUT2D eigenvalue weighted by Gasteiger charge is -2.18. The van der Waals surface area contributed by atoms with Crippen molar-refractivity contribution in [2.24, 2.45) is 5.92 Å². The van der Waals surface area contributed by atoms with Crippen LogP contribution in [0.2, 0.25) is 0 Å². The van der Waals surface area contributed by atoms with Crippen LogP contribution in [0.4, 0.5) is 18.0 Å². The molecule has 0 fully saturated rings. The largest absolute Gasteiger partial charge is 0.480 e. The van der Waals surface area contributed by atoms with Gasteiger partial charge in [0.25, 0.3) is 0 Å². The Balaban J connectivity index is 1.41. The van der Waals surface area contributed by atoms with Crippen LogP contribution in [-0.2, 0) is 14.3 Å². The lowest BCUT2D eigenvalue weighted by molar-refractivity contribution is -0.160. The summed E-state index contributed by atoms with van der Waals surface area (Å²) >= 11 is 0. The van der Waals surface area contributed by atoms with Crippen molar-refractivity contribution >= 4 is 18.0 Å². The van der Waals surface area contributed by atoms with Gasteiger partial charge in [-0.1, -0.05) is 55.5 Å². The monoisotopic (exact) mass is 492 g/mol. The molecule has 7 nitrogen and oxygen atoms in total. The number of rotatable bonds is 10. The van der Waals surface area contributed by atoms with Gasteiger partial charge in [-0.05, 0) is 34.6 Å². The smallest absolute Gasteiger partial charge is 0.407 e. The molecule has 188 valence electrons. The number of alkyl halides is 3. The summed E-state index contributed by atoms with van der Waals surface area (Å²) in [7, 11) is 0. The fraction of sp³-hybridized carbons (Fsp3) is 0.400. The van der Waals surface area contributed by atoms with Gasteiger partial charge < -0.3 is 20.5 Å². The summed E-state index contributed by atoms with van der Waals surface area (Å²) in [4.78, 5) is 35.1. The number of carbonyl (C=O) groups is 3. The van der Waals surface area contributed by atoms with E-state index in [0.717, 1.165) is 22.3 Å². The maximum absolute atomic E-state index is 12.5. The van der Waals surface area contributed by atoms with Gasteiger partial charge in [-0.25, -0.2) is 9.59 Å². The summed E-state index contributed by atoms with van der Waals surface area (Å²) in [6.45, 7) is 2.03. The third kappa shape index (κ3) is 7.21. The van der Waals surface area contributed by atoms with Crippen LogP contribution in [0, 0.1) is 5.92 Å². The molecule has 0 spiro atoms. The average molecular weight is 492 g/mol. The number of carbonyl (C=O) groups excluding carboxylic acids is 2. The van der Waals surface area contributed by atoms with Crippen LogP contribution in [0.3, 0.4) is 0 Å². The van der Waals surface area contributed by atoms with Gasteiger partial charge in [0.1, 0.15) is 12.6 Å². The molecule has 0 heterocycles.